The van der Waals surface area contributed by atoms with Crippen molar-refractivity contribution in [2.75, 3.05) is 11.9 Å². The highest BCUT2D eigenvalue weighted by molar-refractivity contribution is 5.96. The molecular weight excluding hydrogens is 260 g/mol. The zero-order chi connectivity index (χ0) is 14.7. The lowest BCUT2D eigenvalue weighted by molar-refractivity contribution is -0.383. The third kappa shape index (κ3) is 2.84. The highest BCUT2D eigenvalue weighted by atomic mass is 16.6. The van der Waals surface area contributed by atoms with Crippen LogP contribution in [0.1, 0.15) is 6.92 Å². The van der Waals surface area contributed by atoms with E-state index in [0.717, 1.165) is 0 Å². The Morgan fingerprint density at radius 1 is 1.50 bits per heavy atom. The second-order valence-corrected chi connectivity index (χ2v) is 4.57. The number of pyridine rings is 1. The van der Waals surface area contributed by atoms with Gasteiger partial charge >= 0.3 is 0 Å². The molecule has 0 spiro atoms. The predicted molar refractivity (Wildman–Crippen MR) is 76.5 cm³/mol. The van der Waals surface area contributed by atoms with E-state index in [4.69, 9.17) is 5.73 Å². The first kappa shape index (κ1) is 14.2. The largest absolute Gasteiger partial charge is 0.392 e. The van der Waals surface area contributed by atoms with E-state index in [1.807, 2.05) is 0 Å². The first-order valence-electron chi connectivity index (χ1n) is 6.20. The Labute approximate surface area is 115 Å². The fourth-order valence-corrected chi connectivity index (χ4v) is 1.86. The van der Waals surface area contributed by atoms with Crippen LogP contribution in [0.2, 0.25) is 0 Å². The molecule has 0 saturated heterocycles. The molecule has 1 heterocycles. The SMILES string of the molecule is CC(O)C(N)CNc1ccc([N+](=O)[O-])c2cccnc12. The summed E-state index contributed by atoms with van der Waals surface area (Å²) in [6, 6.07) is 5.91. The lowest BCUT2D eigenvalue weighted by Crippen LogP contribution is -2.38. The van der Waals surface area contributed by atoms with Crippen molar-refractivity contribution in [1.82, 2.24) is 4.98 Å². The van der Waals surface area contributed by atoms with E-state index >= 15 is 0 Å². The third-order valence-corrected chi connectivity index (χ3v) is 3.09. The predicted octanol–water partition coefficient (Wildman–Crippen LogP) is 1.26. The fraction of sp³-hybridized carbons (Fsp3) is 0.308. The van der Waals surface area contributed by atoms with Gasteiger partial charge in [0, 0.05) is 24.8 Å². The number of benzene rings is 1. The molecule has 2 unspecified atom stereocenters. The van der Waals surface area contributed by atoms with Crippen molar-refractivity contribution in [3.63, 3.8) is 0 Å². The third-order valence-electron chi connectivity index (χ3n) is 3.09. The van der Waals surface area contributed by atoms with Crippen molar-refractivity contribution in [2.45, 2.75) is 19.1 Å². The van der Waals surface area contributed by atoms with Gasteiger partial charge in [0.1, 0.15) is 5.52 Å². The molecule has 0 amide bonds. The Bertz CT molecular complexity index is 630. The number of anilines is 1. The number of aromatic nitrogens is 1. The first-order chi connectivity index (χ1) is 9.50. The standard InChI is InChI=1S/C13H16N4O3/c1-8(18)10(14)7-16-11-4-5-12(17(19)20)9-3-2-6-15-13(9)11/h2-6,8,10,16,18H,7,14H2,1H3. The van der Waals surface area contributed by atoms with Gasteiger partial charge in [0.25, 0.3) is 5.69 Å². The zero-order valence-electron chi connectivity index (χ0n) is 11.0. The summed E-state index contributed by atoms with van der Waals surface area (Å²) < 4.78 is 0. The number of nitrogens with two attached hydrogens (primary N) is 1. The van der Waals surface area contributed by atoms with E-state index in [2.05, 4.69) is 10.3 Å². The average Bonchev–Trinajstić information content (AvgIpc) is 2.43. The van der Waals surface area contributed by atoms with Crippen molar-refractivity contribution in [3.05, 3.63) is 40.6 Å². The molecule has 106 valence electrons. The number of hydrogen-bond donors (Lipinski definition) is 3. The van der Waals surface area contributed by atoms with Crippen molar-refractivity contribution in [3.8, 4) is 0 Å². The summed E-state index contributed by atoms with van der Waals surface area (Å²) in [5.41, 5.74) is 6.93. The van der Waals surface area contributed by atoms with Crippen LogP contribution in [-0.2, 0) is 0 Å². The van der Waals surface area contributed by atoms with Crippen molar-refractivity contribution >= 4 is 22.3 Å². The van der Waals surface area contributed by atoms with Gasteiger partial charge in [0.05, 0.1) is 22.1 Å². The van der Waals surface area contributed by atoms with Crippen molar-refractivity contribution < 1.29 is 10.0 Å². The minimum Gasteiger partial charge on any atom is -0.392 e. The van der Waals surface area contributed by atoms with Gasteiger partial charge in [0.2, 0.25) is 0 Å². The van der Waals surface area contributed by atoms with Crippen LogP contribution in [0.5, 0.6) is 0 Å². The summed E-state index contributed by atoms with van der Waals surface area (Å²) in [6.45, 7) is 1.96. The highest BCUT2D eigenvalue weighted by Gasteiger charge is 2.16. The zero-order valence-corrected chi connectivity index (χ0v) is 11.0. The molecule has 0 saturated carbocycles. The molecule has 2 atom stereocenters. The van der Waals surface area contributed by atoms with Crippen molar-refractivity contribution in [2.24, 2.45) is 5.73 Å². The van der Waals surface area contributed by atoms with Crippen LogP contribution < -0.4 is 11.1 Å². The van der Waals surface area contributed by atoms with Gasteiger partial charge < -0.3 is 16.2 Å². The molecule has 0 aliphatic carbocycles. The topological polar surface area (TPSA) is 114 Å². The summed E-state index contributed by atoms with van der Waals surface area (Å²) in [5.74, 6) is 0. The number of non-ortho nitro benzene ring substituents is 1. The van der Waals surface area contributed by atoms with Crippen LogP contribution in [-0.4, -0.2) is 33.7 Å². The summed E-state index contributed by atoms with van der Waals surface area (Å²) in [4.78, 5) is 14.7. The number of rotatable bonds is 5. The van der Waals surface area contributed by atoms with Gasteiger partial charge in [-0.2, -0.15) is 0 Å². The molecule has 0 aliphatic rings. The average molecular weight is 276 g/mol. The molecular formula is C13H16N4O3. The maximum Gasteiger partial charge on any atom is 0.278 e. The Kier molecular flexibility index (Phi) is 4.11. The highest BCUT2D eigenvalue weighted by Crippen LogP contribution is 2.29. The monoisotopic (exact) mass is 276 g/mol. The number of nitrogens with one attached hydrogen (secondary N) is 1. The smallest absolute Gasteiger partial charge is 0.278 e. The number of aliphatic hydroxyl groups is 1. The molecule has 4 N–H and O–H groups in total. The van der Waals surface area contributed by atoms with E-state index in [-0.39, 0.29) is 5.69 Å². The van der Waals surface area contributed by atoms with E-state index in [9.17, 15) is 15.2 Å². The Morgan fingerprint density at radius 3 is 2.90 bits per heavy atom. The number of hydrogen-bond acceptors (Lipinski definition) is 6. The summed E-state index contributed by atoms with van der Waals surface area (Å²) in [5, 5.41) is 23.9. The van der Waals surface area contributed by atoms with Gasteiger partial charge in [-0.05, 0) is 25.1 Å². The Balaban J connectivity index is 2.36. The van der Waals surface area contributed by atoms with E-state index < -0.39 is 17.1 Å². The minimum absolute atomic E-state index is 0.0125. The molecule has 2 aromatic rings. The summed E-state index contributed by atoms with van der Waals surface area (Å²) >= 11 is 0. The van der Waals surface area contributed by atoms with Gasteiger partial charge in [0.15, 0.2) is 0 Å². The van der Waals surface area contributed by atoms with Crippen molar-refractivity contribution in [1.29, 1.82) is 0 Å². The molecule has 20 heavy (non-hydrogen) atoms. The molecule has 7 nitrogen and oxygen atoms in total. The number of nitro benzene ring substituents is 1. The normalized spacial score (nSPS) is 13.9. The van der Waals surface area contributed by atoms with Crippen LogP contribution in [0.4, 0.5) is 11.4 Å². The Morgan fingerprint density at radius 2 is 2.25 bits per heavy atom. The summed E-state index contributed by atoms with van der Waals surface area (Å²) in [7, 11) is 0. The molecule has 0 radical (unpaired) electrons. The van der Waals surface area contributed by atoms with E-state index in [1.54, 1.807) is 31.3 Å². The first-order valence-corrected chi connectivity index (χ1v) is 6.20. The second kappa shape index (κ2) is 5.81. The van der Waals surface area contributed by atoms with E-state index in [1.165, 1.54) is 6.07 Å². The lowest BCUT2D eigenvalue weighted by Gasteiger charge is -2.16. The lowest BCUT2D eigenvalue weighted by atomic mass is 10.1. The van der Waals surface area contributed by atoms with Crippen LogP contribution in [0.25, 0.3) is 10.9 Å². The maximum atomic E-state index is 11.0. The number of fused-ring (bicyclic) bond motifs is 1. The van der Waals surface area contributed by atoms with Gasteiger partial charge in [-0.3, -0.25) is 15.1 Å². The van der Waals surface area contributed by atoms with Crippen LogP contribution in [0.15, 0.2) is 30.5 Å². The van der Waals surface area contributed by atoms with Crippen LogP contribution in [0.3, 0.4) is 0 Å². The van der Waals surface area contributed by atoms with E-state index in [0.29, 0.717) is 23.1 Å². The molecule has 0 bridgehead atoms. The quantitative estimate of drug-likeness (QED) is 0.559. The molecule has 2 rings (SSSR count). The minimum atomic E-state index is -0.639. The van der Waals surface area contributed by atoms with Gasteiger partial charge in [-0.15, -0.1) is 0 Å². The number of aliphatic hydroxyl groups excluding tert-OH is 1. The molecule has 1 aromatic heterocycles. The van der Waals surface area contributed by atoms with Crippen LogP contribution in [0, 0.1) is 10.1 Å². The molecule has 1 aromatic carbocycles. The van der Waals surface area contributed by atoms with Gasteiger partial charge in [-0.25, -0.2) is 0 Å². The number of nitro groups is 1. The van der Waals surface area contributed by atoms with Gasteiger partial charge in [-0.1, -0.05) is 0 Å². The van der Waals surface area contributed by atoms with Crippen LogP contribution >= 0.6 is 0 Å². The summed E-state index contributed by atoms with van der Waals surface area (Å²) in [6.07, 6.45) is 0.936. The molecule has 7 heteroatoms. The maximum absolute atomic E-state index is 11.0. The second-order valence-electron chi connectivity index (χ2n) is 4.57. The number of nitrogens with zero attached hydrogens (tertiary/aromatic N) is 2. The molecule has 0 aliphatic heterocycles. The fourth-order valence-electron chi connectivity index (χ4n) is 1.86. The molecule has 0 fully saturated rings. The Hall–Kier alpha value is -2.25.